The maximum Gasteiger partial charge on any atom is 0.202 e. The largest absolute Gasteiger partial charge is 0.493 e. The maximum absolute atomic E-state index is 5.24. The Morgan fingerprint density at radius 1 is 1.24 bits per heavy atom. The Kier molecular flexibility index (Phi) is 3.77. The van der Waals surface area contributed by atoms with Crippen molar-refractivity contribution in [1.82, 2.24) is 9.36 Å². The third kappa shape index (κ3) is 2.85. The number of ether oxygens (including phenoxy) is 2. The van der Waals surface area contributed by atoms with Crippen molar-refractivity contribution in [1.29, 1.82) is 0 Å². The Morgan fingerprint density at radius 2 is 2.06 bits per heavy atom. The van der Waals surface area contributed by atoms with Gasteiger partial charge in [-0.05, 0) is 17.7 Å². The van der Waals surface area contributed by atoms with Gasteiger partial charge in [0.15, 0.2) is 11.5 Å². The van der Waals surface area contributed by atoms with Gasteiger partial charge < -0.3 is 14.8 Å². The molecule has 0 aliphatic carbocycles. The quantitative estimate of drug-likeness (QED) is 0.882. The number of methoxy groups -OCH3 is 2. The zero-order valence-electron chi connectivity index (χ0n) is 9.64. The van der Waals surface area contributed by atoms with Gasteiger partial charge in [-0.2, -0.15) is 4.37 Å². The second-order valence-corrected chi connectivity index (χ2v) is 4.07. The molecule has 2 rings (SSSR count). The van der Waals surface area contributed by atoms with Crippen LogP contribution in [0.4, 0.5) is 5.13 Å². The highest BCUT2D eigenvalue weighted by Gasteiger charge is 2.04. The summed E-state index contributed by atoms with van der Waals surface area (Å²) in [4.78, 5) is 4.05. The smallest absolute Gasteiger partial charge is 0.202 e. The lowest BCUT2D eigenvalue weighted by Crippen LogP contribution is -2.00. The number of nitrogens with zero attached hydrogens (tertiary/aromatic N) is 2. The summed E-state index contributed by atoms with van der Waals surface area (Å²) >= 11 is 1.33. The highest BCUT2D eigenvalue weighted by atomic mass is 32.1. The summed E-state index contributed by atoms with van der Waals surface area (Å²) in [7, 11) is 3.25. The molecule has 17 heavy (non-hydrogen) atoms. The van der Waals surface area contributed by atoms with Crippen LogP contribution in [0.15, 0.2) is 24.5 Å². The minimum atomic E-state index is 0.676. The molecule has 0 amide bonds. The molecule has 0 radical (unpaired) electrons. The zero-order valence-corrected chi connectivity index (χ0v) is 10.5. The molecule has 0 aliphatic heterocycles. The highest BCUT2D eigenvalue weighted by molar-refractivity contribution is 7.09. The van der Waals surface area contributed by atoms with Crippen LogP contribution in [0.25, 0.3) is 0 Å². The van der Waals surface area contributed by atoms with E-state index in [2.05, 4.69) is 14.7 Å². The summed E-state index contributed by atoms with van der Waals surface area (Å²) in [6, 6.07) is 5.80. The van der Waals surface area contributed by atoms with E-state index in [1.165, 1.54) is 17.9 Å². The fourth-order valence-corrected chi connectivity index (χ4v) is 1.84. The second-order valence-electron chi connectivity index (χ2n) is 3.29. The molecule has 6 heteroatoms. The first-order valence-electron chi connectivity index (χ1n) is 5.05. The number of hydrogen-bond donors (Lipinski definition) is 1. The molecule has 90 valence electrons. The summed E-state index contributed by atoms with van der Waals surface area (Å²) < 4.78 is 14.3. The third-order valence-electron chi connectivity index (χ3n) is 2.25. The molecule has 0 saturated heterocycles. The molecule has 1 heterocycles. The van der Waals surface area contributed by atoms with Crippen LogP contribution in [0.5, 0.6) is 11.5 Å². The maximum atomic E-state index is 5.24. The van der Waals surface area contributed by atoms with Crippen molar-refractivity contribution < 1.29 is 9.47 Å². The first-order valence-corrected chi connectivity index (χ1v) is 5.82. The van der Waals surface area contributed by atoms with Gasteiger partial charge in [0.25, 0.3) is 0 Å². The topological polar surface area (TPSA) is 56.3 Å². The lowest BCUT2D eigenvalue weighted by molar-refractivity contribution is 0.354. The van der Waals surface area contributed by atoms with Gasteiger partial charge in [-0.15, -0.1) is 0 Å². The highest BCUT2D eigenvalue weighted by Crippen LogP contribution is 2.27. The Hall–Kier alpha value is -1.82. The molecular formula is C11H13N3O2S. The molecule has 0 bridgehead atoms. The summed E-state index contributed by atoms with van der Waals surface area (Å²) in [5.74, 6) is 1.45. The van der Waals surface area contributed by atoms with Gasteiger partial charge in [0, 0.05) is 18.1 Å². The van der Waals surface area contributed by atoms with Crippen LogP contribution >= 0.6 is 11.5 Å². The van der Waals surface area contributed by atoms with Crippen LogP contribution in [0, 0.1) is 0 Å². The number of anilines is 1. The summed E-state index contributed by atoms with van der Waals surface area (Å²) in [5.41, 5.74) is 1.10. The minimum absolute atomic E-state index is 0.676. The van der Waals surface area contributed by atoms with Crippen molar-refractivity contribution in [2.24, 2.45) is 0 Å². The average molecular weight is 251 g/mol. The van der Waals surface area contributed by atoms with Crippen LogP contribution in [0.3, 0.4) is 0 Å². The first-order chi connectivity index (χ1) is 8.33. The van der Waals surface area contributed by atoms with Crippen LogP contribution in [0.2, 0.25) is 0 Å². The number of aromatic nitrogens is 2. The van der Waals surface area contributed by atoms with Crippen molar-refractivity contribution in [3.63, 3.8) is 0 Å². The van der Waals surface area contributed by atoms with E-state index >= 15 is 0 Å². The van der Waals surface area contributed by atoms with Crippen molar-refractivity contribution >= 4 is 16.7 Å². The number of hydrogen-bond acceptors (Lipinski definition) is 6. The standard InChI is InChI=1S/C11H13N3O2S/c1-15-9-4-3-8(5-10(9)16-2)6-12-11-13-7-14-17-11/h3-5,7H,6H2,1-2H3,(H,12,13,14). The molecule has 5 nitrogen and oxygen atoms in total. The Morgan fingerprint density at radius 3 is 2.71 bits per heavy atom. The van der Waals surface area contributed by atoms with Gasteiger partial charge in [-0.1, -0.05) is 6.07 Å². The van der Waals surface area contributed by atoms with Gasteiger partial charge in [0.05, 0.1) is 14.2 Å². The molecule has 1 aromatic heterocycles. The summed E-state index contributed by atoms with van der Waals surface area (Å²) in [5, 5.41) is 3.98. The van der Waals surface area contributed by atoms with E-state index in [-0.39, 0.29) is 0 Å². The molecule has 0 saturated carbocycles. The molecule has 0 fully saturated rings. The number of rotatable bonds is 5. The van der Waals surface area contributed by atoms with E-state index in [0.29, 0.717) is 6.54 Å². The predicted molar refractivity (Wildman–Crippen MR) is 66.8 cm³/mol. The summed E-state index contributed by atoms with van der Waals surface area (Å²) in [6.45, 7) is 0.676. The third-order valence-corrected chi connectivity index (χ3v) is 2.88. The monoisotopic (exact) mass is 251 g/mol. The molecule has 2 aromatic rings. The van der Waals surface area contributed by atoms with Crippen LogP contribution in [-0.2, 0) is 6.54 Å². The van der Waals surface area contributed by atoms with E-state index in [0.717, 1.165) is 22.2 Å². The molecule has 0 aliphatic rings. The Labute approximate surface area is 104 Å². The van der Waals surface area contributed by atoms with Crippen molar-refractivity contribution in [2.45, 2.75) is 6.54 Å². The van der Waals surface area contributed by atoms with E-state index in [1.807, 2.05) is 18.2 Å². The van der Waals surface area contributed by atoms with E-state index < -0.39 is 0 Å². The average Bonchev–Trinajstić information content (AvgIpc) is 2.89. The lowest BCUT2D eigenvalue weighted by atomic mass is 10.2. The zero-order chi connectivity index (χ0) is 12.1. The number of nitrogens with one attached hydrogen (secondary N) is 1. The molecule has 0 unspecified atom stereocenters. The van der Waals surface area contributed by atoms with Gasteiger partial charge in [0.1, 0.15) is 6.33 Å². The fraction of sp³-hybridized carbons (Fsp3) is 0.273. The number of benzene rings is 1. The molecule has 1 N–H and O–H groups in total. The van der Waals surface area contributed by atoms with Gasteiger partial charge in [-0.3, -0.25) is 0 Å². The first kappa shape index (κ1) is 11.7. The van der Waals surface area contributed by atoms with Crippen LogP contribution in [0.1, 0.15) is 5.56 Å². The Balaban J connectivity index is 2.06. The van der Waals surface area contributed by atoms with Gasteiger partial charge >= 0.3 is 0 Å². The van der Waals surface area contributed by atoms with E-state index in [9.17, 15) is 0 Å². The lowest BCUT2D eigenvalue weighted by Gasteiger charge is -2.09. The predicted octanol–water partition coefficient (Wildman–Crippen LogP) is 2.17. The van der Waals surface area contributed by atoms with Crippen molar-refractivity contribution in [2.75, 3.05) is 19.5 Å². The second kappa shape index (κ2) is 5.49. The van der Waals surface area contributed by atoms with Crippen molar-refractivity contribution in [3.8, 4) is 11.5 Å². The van der Waals surface area contributed by atoms with Crippen LogP contribution < -0.4 is 14.8 Å². The van der Waals surface area contributed by atoms with Crippen LogP contribution in [-0.4, -0.2) is 23.6 Å². The normalized spacial score (nSPS) is 10.0. The van der Waals surface area contributed by atoms with Crippen molar-refractivity contribution in [3.05, 3.63) is 30.1 Å². The SMILES string of the molecule is COc1ccc(CNc2ncns2)cc1OC. The Bertz CT molecular complexity index is 474. The fourth-order valence-electron chi connectivity index (χ4n) is 1.42. The molecule has 0 atom stereocenters. The molecule has 0 spiro atoms. The summed E-state index contributed by atoms with van der Waals surface area (Å²) in [6.07, 6.45) is 1.53. The van der Waals surface area contributed by atoms with Gasteiger partial charge in [0.2, 0.25) is 5.13 Å². The van der Waals surface area contributed by atoms with Gasteiger partial charge in [-0.25, -0.2) is 4.98 Å². The van der Waals surface area contributed by atoms with E-state index in [4.69, 9.17) is 9.47 Å². The minimum Gasteiger partial charge on any atom is -0.493 e. The van der Waals surface area contributed by atoms with E-state index in [1.54, 1.807) is 14.2 Å². The molecule has 1 aromatic carbocycles. The molecular weight excluding hydrogens is 238 g/mol.